The first kappa shape index (κ1) is 14.3. The van der Waals surface area contributed by atoms with Crippen LogP contribution in [0.4, 0.5) is 5.82 Å². The minimum absolute atomic E-state index is 0.436. The smallest absolute Gasteiger partial charge is 0.162 e. The minimum Gasteiger partial charge on any atom is -0.373 e. The number of aromatic nitrogens is 2. The Morgan fingerprint density at radius 2 is 2.00 bits per heavy atom. The van der Waals surface area contributed by atoms with E-state index >= 15 is 0 Å². The normalized spacial score (nSPS) is 16.8. The van der Waals surface area contributed by atoms with Gasteiger partial charge in [0.05, 0.1) is 0 Å². The lowest BCUT2D eigenvalue weighted by Gasteiger charge is -2.24. The Balaban J connectivity index is 2.35. The van der Waals surface area contributed by atoms with E-state index in [1.807, 2.05) is 27.8 Å². The molecule has 106 valence electrons. The molecule has 0 aromatic carbocycles. The van der Waals surface area contributed by atoms with E-state index < -0.39 is 5.60 Å². The van der Waals surface area contributed by atoms with E-state index in [0.717, 1.165) is 11.6 Å². The van der Waals surface area contributed by atoms with Crippen LogP contribution in [-0.2, 0) is 10.3 Å². The fourth-order valence-electron chi connectivity index (χ4n) is 2.72. The molecule has 0 radical (unpaired) electrons. The molecule has 0 bridgehead atoms. The van der Waals surface area contributed by atoms with Crippen molar-refractivity contribution in [3.05, 3.63) is 17.6 Å². The lowest BCUT2D eigenvalue weighted by Crippen LogP contribution is -2.26. The van der Waals surface area contributed by atoms with Gasteiger partial charge in [-0.25, -0.2) is 9.97 Å². The maximum Gasteiger partial charge on any atom is 0.162 e. The highest BCUT2D eigenvalue weighted by Crippen LogP contribution is 2.34. The molecular weight excluding hydrogens is 238 g/mol. The Hall–Kier alpha value is -1.16. The van der Waals surface area contributed by atoms with Crippen LogP contribution in [-0.4, -0.2) is 23.6 Å². The molecule has 0 saturated heterocycles. The summed E-state index contributed by atoms with van der Waals surface area (Å²) in [6.45, 7) is 6.73. The summed E-state index contributed by atoms with van der Waals surface area (Å²) in [5.74, 6) is 2.26. The van der Waals surface area contributed by atoms with Crippen LogP contribution in [0.2, 0.25) is 0 Å². The van der Waals surface area contributed by atoms with Gasteiger partial charge in [-0.15, -0.1) is 0 Å². The van der Waals surface area contributed by atoms with Gasteiger partial charge in [0.1, 0.15) is 11.4 Å². The highest BCUT2D eigenvalue weighted by atomic mass is 16.5. The molecule has 4 heteroatoms. The molecule has 0 unspecified atom stereocenters. The van der Waals surface area contributed by atoms with Crippen LogP contribution < -0.4 is 5.32 Å². The van der Waals surface area contributed by atoms with Gasteiger partial charge < -0.3 is 10.1 Å². The van der Waals surface area contributed by atoms with E-state index in [4.69, 9.17) is 9.72 Å². The summed E-state index contributed by atoms with van der Waals surface area (Å²) in [5.41, 5.74) is 0.731. The van der Waals surface area contributed by atoms with Gasteiger partial charge in [0.25, 0.3) is 0 Å². The van der Waals surface area contributed by atoms with Gasteiger partial charge in [0.2, 0.25) is 0 Å². The molecule has 0 aliphatic heterocycles. The molecule has 4 nitrogen and oxygen atoms in total. The first-order valence-corrected chi connectivity index (χ1v) is 7.28. The third-order valence-corrected chi connectivity index (χ3v) is 3.82. The van der Waals surface area contributed by atoms with Crippen molar-refractivity contribution in [3.63, 3.8) is 0 Å². The number of rotatable bonds is 5. The molecule has 0 atom stereocenters. The van der Waals surface area contributed by atoms with Gasteiger partial charge in [-0.2, -0.15) is 0 Å². The zero-order valence-electron chi connectivity index (χ0n) is 12.5. The topological polar surface area (TPSA) is 47.0 Å². The van der Waals surface area contributed by atoms with E-state index in [1.165, 1.54) is 31.4 Å². The standard InChI is InChI=1S/C15H25N3O/c1-5-19-15(2,3)14-17-12(10-13(16-4)18-14)11-8-6-7-9-11/h10-11H,5-9H2,1-4H3,(H,16,17,18). The van der Waals surface area contributed by atoms with Gasteiger partial charge in [-0.1, -0.05) is 12.8 Å². The first-order valence-electron chi connectivity index (χ1n) is 7.28. The molecule has 1 aliphatic carbocycles. The second-order valence-corrected chi connectivity index (χ2v) is 5.68. The fraction of sp³-hybridized carbons (Fsp3) is 0.733. The predicted molar refractivity (Wildman–Crippen MR) is 77.4 cm³/mol. The molecule has 1 fully saturated rings. The summed E-state index contributed by atoms with van der Waals surface area (Å²) in [5, 5.41) is 3.14. The van der Waals surface area contributed by atoms with Crippen LogP contribution in [0.25, 0.3) is 0 Å². The Morgan fingerprint density at radius 1 is 1.32 bits per heavy atom. The molecule has 0 spiro atoms. The van der Waals surface area contributed by atoms with E-state index in [2.05, 4.69) is 16.4 Å². The Labute approximate surface area is 116 Å². The minimum atomic E-state index is -0.436. The first-order chi connectivity index (χ1) is 9.06. The summed E-state index contributed by atoms with van der Waals surface area (Å²) in [7, 11) is 1.90. The van der Waals surface area contributed by atoms with Crippen LogP contribution in [0.1, 0.15) is 63.9 Å². The average Bonchev–Trinajstić information content (AvgIpc) is 2.92. The Kier molecular flexibility index (Phi) is 4.40. The number of ether oxygens (including phenoxy) is 1. The molecule has 1 heterocycles. The Bertz CT molecular complexity index is 425. The number of anilines is 1. The maximum atomic E-state index is 5.78. The molecule has 1 aromatic heterocycles. The second kappa shape index (κ2) is 5.87. The summed E-state index contributed by atoms with van der Waals surface area (Å²) in [4.78, 5) is 9.34. The van der Waals surface area contributed by atoms with Crippen molar-refractivity contribution in [2.45, 2.75) is 58.0 Å². The molecule has 1 aromatic rings. The van der Waals surface area contributed by atoms with Crippen LogP contribution >= 0.6 is 0 Å². The lowest BCUT2D eigenvalue weighted by atomic mass is 10.0. The van der Waals surface area contributed by atoms with Crippen molar-refractivity contribution < 1.29 is 4.74 Å². The molecule has 19 heavy (non-hydrogen) atoms. The molecule has 2 rings (SSSR count). The van der Waals surface area contributed by atoms with E-state index in [-0.39, 0.29) is 0 Å². The van der Waals surface area contributed by atoms with Crippen molar-refractivity contribution in [1.29, 1.82) is 0 Å². The van der Waals surface area contributed by atoms with Gasteiger partial charge in [0.15, 0.2) is 5.82 Å². The third kappa shape index (κ3) is 3.24. The number of hydrogen-bond acceptors (Lipinski definition) is 4. The van der Waals surface area contributed by atoms with Crippen LogP contribution in [0.15, 0.2) is 6.07 Å². The summed E-state index contributed by atoms with van der Waals surface area (Å²) in [6.07, 6.45) is 5.12. The molecular formula is C15H25N3O. The lowest BCUT2D eigenvalue weighted by molar-refractivity contribution is -0.0209. The molecule has 1 saturated carbocycles. The second-order valence-electron chi connectivity index (χ2n) is 5.68. The quantitative estimate of drug-likeness (QED) is 0.884. The predicted octanol–water partition coefficient (Wildman–Crippen LogP) is 3.45. The van der Waals surface area contributed by atoms with Crippen LogP contribution in [0.5, 0.6) is 0 Å². The maximum absolute atomic E-state index is 5.78. The number of hydrogen-bond donors (Lipinski definition) is 1. The van der Waals surface area contributed by atoms with Crippen molar-refractivity contribution in [2.75, 3.05) is 19.0 Å². The largest absolute Gasteiger partial charge is 0.373 e. The molecule has 1 N–H and O–H groups in total. The van der Waals surface area contributed by atoms with E-state index in [0.29, 0.717) is 12.5 Å². The zero-order valence-corrected chi connectivity index (χ0v) is 12.5. The monoisotopic (exact) mass is 263 g/mol. The van der Waals surface area contributed by atoms with Crippen LogP contribution in [0.3, 0.4) is 0 Å². The average molecular weight is 263 g/mol. The third-order valence-electron chi connectivity index (χ3n) is 3.82. The highest BCUT2D eigenvalue weighted by molar-refractivity contribution is 5.37. The van der Waals surface area contributed by atoms with Gasteiger partial charge in [0, 0.05) is 31.3 Å². The van der Waals surface area contributed by atoms with E-state index in [1.54, 1.807) is 0 Å². The summed E-state index contributed by atoms with van der Waals surface area (Å²) >= 11 is 0. The van der Waals surface area contributed by atoms with E-state index in [9.17, 15) is 0 Å². The zero-order chi connectivity index (χ0) is 13.9. The molecule has 0 amide bonds. The fourth-order valence-corrected chi connectivity index (χ4v) is 2.72. The van der Waals surface area contributed by atoms with Gasteiger partial charge in [-0.3, -0.25) is 0 Å². The van der Waals surface area contributed by atoms with Gasteiger partial charge in [-0.05, 0) is 33.6 Å². The summed E-state index contributed by atoms with van der Waals surface area (Å²) < 4.78 is 5.78. The number of nitrogens with zero attached hydrogens (tertiary/aromatic N) is 2. The highest BCUT2D eigenvalue weighted by Gasteiger charge is 2.27. The van der Waals surface area contributed by atoms with Gasteiger partial charge >= 0.3 is 0 Å². The SMILES string of the molecule is CCOC(C)(C)c1nc(NC)cc(C2CCCC2)n1. The molecule has 1 aliphatic rings. The van der Waals surface area contributed by atoms with Crippen molar-refractivity contribution in [3.8, 4) is 0 Å². The van der Waals surface area contributed by atoms with Crippen LogP contribution in [0, 0.1) is 0 Å². The van der Waals surface area contributed by atoms with Crippen molar-refractivity contribution in [2.24, 2.45) is 0 Å². The van der Waals surface area contributed by atoms with Crippen molar-refractivity contribution >= 4 is 5.82 Å². The number of nitrogens with one attached hydrogen (secondary N) is 1. The summed E-state index contributed by atoms with van der Waals surface area (Å²) in [6, 6.07) is 2.08. The Morgan fingerprint density at radius 3 is 2.58 bits per heavy atom. The van der Waals surface area contributed by atoms with Crippen molar-refractivity contribution in [1.82, 2.24) is 9.97 Å².